The number of carboxylic acid groups (broad SMARTS) is 1. The average molecular weight is 330 g/mol. The summed E-state index contributed by atoms with van der Waals surface area (Å²) >= 11 is 0. The van der Waals surface area contributed by atoms with Gasteiger partial charge in [0.05, 0.1) is 16.8 Å². The predicted octanol–water partition coefficient (Wildman–Crippen LogP) is 3.03. The van der Waals surface area contributed by atoms with Gasteiger partial charge in [0, 0.05) is 30.2 Å². The number of aromatic nitrogens is 1. The SMILES string of the molecule is Cc1[nH]c2c(C#N)cc(F)c(N3CCCC(NC(=O)O)C3)c2c1C. The first-order chi connectivity index (χ1) is 11.4. The van der Waals surface area contributed by atoms with E-state index in [1.54, 1.807) is 0 Å². The molecule has 3 rings (SSSR count). The quantitative estimate of drug-likeness (QED) is 0.789. The van der Waals surface area contributed by atoms with E-state index in [4.69, 9.17) is 5.11 Å². The number of halogens is 1. The highest BCUT2D eigenvalue weighted by Crippen LogP contribution is 2.37. The van der Waals surface area contributed by atoms with Crippen molar-refractivity contribution in [2.24, 2.45) is 0 Å². The first kappa shape index (κ1) is 16.1. The number of fused-ring (bicyclic) bond motifs is 1. The molecule has 1 unspecified atom stereocenters. The van der Waals surface area contributed by atoms with Crippen LogP contribution in [0.1, 0.15) is 29.7 Å². The van der Waals surface area contributed by atoms with Crippen LogP contribution in [0.5, 0.6) is 0 Å². The monoisotopic (exact) mass is 330 g/mol. The molecule has 1 aliphatic heterocycles. The Morgan fingerprint density at radius 2 is 2.29 bits per heavy atom. The standard InChI is InChI=1S/C17H19FN4O2/c1-9-10(2)20-15-11(7-19)6-13(18)16(14(9)15)22-5-3-4-12(8-22)21-17(23)24/h6,12,20-21H,3-5,8H2,1-2H3,(H,23,24). The number of H-pyrrole nitrogens is 1. The van der Waals surface area contributed by atoms with Crippen LogP contribution >= 0.6 is 0 Å². The Labute approximate surface area is 138 Å². The van der Waals surface area contributed by atoms with E-state index in [0.717, 1.165) is 24.1 Å². The highest BCUT2D eigenvalue weighted by molar-refractivity contribution is 5.99. The van der Waals surface area contributed by atoms with Crippen molar-refractivity contribution in [2.45, 2.75) is 32.7 Å². The Hall–Kier alpha value is -2.75. The molecule has 0 bridgehead atoms. The Balaban J connectivity index is 2.11. The molecule has 2 heterocycles. The topological polar surface area (TPSA) is 92.2 Å². The molecule has 0 spiro atoms. The number of carbonyl (C=O) groups is 1. The summed E-state index contributed by atoms with van der Waals surface area (Å²) in [6.07, 6.45) is 0.435. The molecule has 1 atom stereocenters. The number of hydrogen-bond donors (Lipinski definition) is 3. The van der Waals surface area contributed by atoms with Crippen LogP contribution in [0.2, 0.25) is 0 Å². The van der Waals surface area contributed by atoms with Gasteiger partial charge in [-0.15, -0.1) is 0 Å². The van der Waals surface area contributed by atoms with Crippen LogP contribution in [-0.4, -0.2) is 35.3 Å². The molecule has 2 aromatic rings. The number of amides is 1. The van der Waals surface area contributed by atoms with Crippen molar-refractivity contribution in [3.05, 3.63) is 28.7 Å². The van der Waals surface area contributed by atoms with E-state index in [1.807, 2.05) is 24.8 Å². The van der Waals surface area contributed by atoms with E-state index < -0.39 is 11.9 Å². The molecule has 1 aromatic carbocycles. The lowest BCUT2D eigenvalue weighted by Crippen LogP contribution is -2.47. The average Bonchev–Trinajstić information content (AvgIpc) is 2.82. The number of nitriles is 1. The van der Waals surface area contributed by atoms with Crippen LogP contribution < -0.4 is 10.2 Å². The van der Waals surface area contributed by atoms with E-state index in [2.05, 4.69) is 10.3 Å². The molecule has 1 aromatic heterocycles. The largest absolute Gasteiger partial charge is 0.465 e. The van der Waals surface area contributed by atoms with Gasteiger partial charge >= 0.3 is 6.09 Å². The van der Waals surface area contributed by atoms with Gasteiger partial charge in [-0.3, -0.25) is 0 Å². The molecule has 7 heteroatoms. The molecule has 1 aliphatic rings. The van der Waals surface area contributed by atoms with Crippen LogP contribution in [0.25, 0.3) is 10.9 Å². The smallest absolute Gasteiger partial charge is 0.404 e. The van der Waals surface area contributed by atoms with Gasteiger partial charge in [-0.1, -0.05) is 0 Å². The number of aryl methyl sites for hydroxylation is 2. The van der Waals surface area contributed by atoms with E-state index in [0.29, 0.717) is 29.7 Å². The van der Waals surface area contributed by atoms with Crippen molar-refractivity contribution in [3.63, 3.8) is 0 Å². The third kappa shape index (κ3) is 2.64. The molecular weight excluding hydrogens is 311 g/mol. The fourth-order valence-corrected chi connectivity index (χ4v) is 3.47. The highest BCUT2D eigenvalue weighted by atomic mass is 19.1. The maximum atomic E-state index is 14.8. The third-order valence-electron chi connectivity index (χ3n) is 4.69. The molecule has 0 saturated carbocycles. The second-order valence-electron chi connectivity index (χ2n) is 6.23. The van der Waals surface area contributed by atoms with Gasteiger partial charge in [-0.05, 0) is 38.3 Å². The Bertz CT molecular complexity index is 853. The number of anilines is 1. The van der Waals surface area contributed by atoms with Crippen LogP contribution in [0.15, 0.2) is 6.07 Å². The van der Waals surface area contributed by atoms with E-state index >= 15 is 0 Å². The first-order valence-corrected chi connectivity index (χ1v) is 7.88. The van der Waals surface area contributed by atoms with Crippen molar-refractivity contribution in [3.8, 4) is 6.07 Å². The first-order valence-electron chi connectivity index (χ1n) is 7.88. The molecule has 0 aliphatic carbocycles. The Morgan fingerprint density at radius 1 is 1.54 bits per heavy atom. The normalized spacial score (nSPS) is 17.8. The number of piperidine rings is 1. The van der Waals surface area contributed by atoms with E-state index in [9.17, 15) is 14.4 Å². The lowest BCUT2D eigenvalue weighted by Gasteiger charge is -2.35. The van der Waals surface area contributed by atoms with Crippen LogP contribution in [0.3, 0.4) is 0 Å². The van der Waals surface area contributed by atoms with Gasteiger partial charge in [0.15, 0.2) is 0 Å². The fraction of sp³-hybridized carbons (Fsp3) is 0.412. The van der Waals surface area contributed by atoms with Gasteiger partial charge in [0.2, 0.25) is 0 Å². The third-order valence-corrected chi connectivity index (χ3v) is 4.69. The Morgan fingerprint density at radius 3 is 2.96 bits per heavy atom. The summed E-state index contributed by atoms with van der Waals surface area (Å²) in [6, 6.07) is 3.05. The molecule has 1 fully saturated rings. The lowest BCUT2D eigenvalue weighted by atomic mass is 10.0. The van der Waals surface area contributed by atoms with E-state index in [-0.39, 0.29) is 11.6 Å². The lowest BCUT2D eigenvalue weighted by molar-refractivity contribution is 0.188. The minimum Gasteiger partial charge on any atom is -0.465 e. The summed E-state index contributed by atoms with van der Waals surface area (Å²) in [5, 5.41) is 21.4. The molecule has 126 valence electrons. The molecule has 6 nitrogen and oxygen atoms in total. The summed E-state index contributed by atoms with van der Waals surface area (Å²) in [7, 11) is 0. The van der Waals surface area contributed by atoms with Crippen LogP contribution in [-0.2, 0) is 0 Å². The van der Waals surface area contributed by atoms with Crippen molar-refractivity contribution in [1.82, 2.24) is 10.3 Å². The van der Waals surface area contributed by atoms with Crippen molar-refractivity contribution in [1.29, 1.82) is 5.26 Å². The number of rotatable bonds is 2. The second kappa shape index (κ2) is 6.04. The number of hydrogen-bond acceptors (Lipinski definition) is 3. The molecule has 1 saturated heterocycles. The zero-order valence-corrected chi connectivity index (χ0v) is 13.6. The van der Waals surface area contributed by atoms with Gasteiger partial charge in [-0.25, -0.2) is 9.18 Å². The summed E-state index contributed by atoms with van der Waals surface area (Å²) < 4.78 is 14.8. The van der Waals surface area contributed by atoms with Crippen molar-refractivity contribution >= 4 is 22.7 Å². The molecule has 3 N–H and O–H groups in total. The second-order valence-corrected chi connectivity index (χ2v) is 6.23. The summed E-state index contributed by atoms with van der Waals surface area (Å²) in [4.78, 5) is 15.9. The van der Waals surface area contributed by atoms with Crippen LogP contribution in [0, 0.1) is 31.0 Å². The summed E-state index contributed by atoms with van der Waals surface area (Å²) in [5.74, 6) is -0.447. The number of aromatic amines is 1. The minimum atomic E-state index is -1.07. The minimum absolute atomic E-state index is 0.235. The zero-order valence-electron chi connectivity index (χ0n) is 13.6. The zero-order chi connectivity index (χ0) is 17.4. The predicted molar refractivity (Wildman–Crippen MR) is 88.8 cm³/mol. The molecule has 24 heavy (non-hydrogen) atoms. The number of nitrogens with one attached hydrogen (secondary N) is 2. The molecule has 1 amide bonds. The van der Waals surface area contributed by atoms with Crippen LogP contribution in [0.4, 0.5) is 14.9 Å². The Kier molecular flexibility index (Phi) is 4.06. The highest BCUT2D eigenvalue weighted by Gasteiger charge is 2.27. The number of benzene rings is 1. The molecular formula is C17H19FN4O2. The van der Waals surface area contributed by atoms with Crippen molar-refractivity contribution in [2.75, 3.05) is 18.0 Å². The van der Waals surface area contributed by atoms with E-state index in [1.165, 1.54) is 6.07 Å². The maximum absolute atomic E-state index is 14.8. The fourth-order valence-electron chi connectivity index (χ4n) is 3.47. The van der Waals surface area contributed by atoms with Gasteiger partial charge in [0.25, 0.3) is 0 Å². The summed E-state index contributed by atoms with van der Waals surface area (Å²) in [6.45, 7) is 4.85. The van der Waals surface area contributed by atoms with Crippen molar-refractivity contribution < 1.29 is 14.3 Å². The van der Waals surface area contributed by atoms with Gasteiger partial charge < -0.3 is 20.3 Å². The molecule has 0 radical (unpaired) electrons. The van der Waals surface area contributed by atoms with Gasteiger partial charge in [0.1, 0.15) is 11.9 Å². The summed E-state index contributed by atoms with van der Waals surface area (Å²) in [5.41, 5.74) is 3.16. The number of nitrogens with zero attached hydrogens (tertiary/aromatic N) is 2. The maximum Gasteiger partial charge on any atom is 0.404 e. The van der Waals surface area contributed by atoms with Gasteiger partial charge in [-0.2, -0.15) is 5.26 Å².